The summed E-state index contributed by atoms with van der Waals surface area (Å²) in [5, 5.41) is 12.9. The van der Waals surface area contributed by atoms with E-state index in [0.717, 1.165) is 24.9 Å². The predicted molar refractivity (Wildman–Crippen MR) is 162 cm³/mol. The third kappa shape index (κ3) is 7.34. The van der Waals surface area contributed by atoms with Crippen LogP contribution >= 0.6 is 0 Å². The molecule has 41 heavy (non-hydrogen) atoms. The molecule has 2 N–H and O–H groups in total. The van der Waals surface area contributed by atoms with Crippen molar-refractivity contribution in [3.63, 3.8) is 0 Å². The Balaban J connectivity index is 1.33. The lowest BCUT2D eigenvalue weighted by Gasteiger charge is -2.34. The Morgan fingerprint density at radius 1 is 1.07 bits per heavy atom. The van der Waals surface area contributed by atoms with Gasteiger partial charge in [0.25, 0.3) is 0 Å². The van der Waals surface area contributed by atoms with Crippen molar-refractivity contribution in [2.75, 3.05) is 32.1 Å². The van der Waals surface area contributed by atoms with E-state index in [2.05, 4.69) is 72.7 Å². The van der Waals surface area contributed by atoms with Gasteiger partial charge in [-0.1, -0.05) is 61.5 Å². The van der Waals surface area contributed by atoms with Crippen LogP contribution < -0.4 is 10.1 Å². The summed E-state index contributed by atoms with van der Waals surface area (Å²) in [4.78, 5) is 29.8. The molecule has 7 nitrogen and oxygen atoms in total. The first-order chi connectivity index (χ1) is 19.8. The minimum Gasteiger partial charge on any atom is -0.488 e. The number of amides is 2. The Bertz CT molecular complexity index is 1340. The quantitative estimate of drug-likeness (QED) is 0.389. The topological polar surface area (TPSA) is 82.1 Å². The highest BCUT2D eigenvalue weighted by Crippen LogP contribution is 2.32. The van der Waals surface area contributed by atoms with Gasteiger partial charge < -0.3 is 20.1 Å². The molecule has 1 aliphatic heterocycles. The van der Waals surface area contributed by atoms with Crippen molar-refractivity contribution >= 4 is 17.5 Å². The smallest absolute Gasteiger partial charge is 0.227 e. The minimum absolute atomic E-state index is 0.0241. The number of nitrogens with zero attached hydrogens (tertiary/aromatic N) is 2. The molecule has 0 unspecified atom stereocenters. The van der Waals surface area contributed by atoms with Gasteiger partial charge in [0, 0.05) is 42.7 Å². The molecule has 5 rings (SSSR count). The Hall–Kier alpha value is -3.68. The Labute approximate surface area is 243 Å². The van der Waals surface area contributed by atoms with Gasteiger partial charge in [-0.3, -0.25) is 14.5 Å². The number of benzene rings is 3. The first-order valence-electron chi connectivity index (χ1n) is 14.6. The molecule has 0 aromatic heterocycles. The molecule has 1 saturated carbocycles. The molecule has 0 bridgehead atoms. The van der Waals surface area contributed by atoms with Crippen LogP contribution in [-0.2, 0) is 22.6 Å². The molecule has 3 aromatic carbocycles. The maximum Gasteiger partial charge on any atom is 0.227 e. The number of rotatable bonds is 9. The normalized spacial score (nSPS) is 19.9. The van der Waals surface area contributed by atoms with Crippen molar-refractivity contribution in [2.45, 2.75) is 51.8 Å². The van der Waals surface area contributed by atoms with E-state index in [1.165, 1.54) is 16.7 Å². The lowest BCUT2D eigenvalue weighted by Crippen LogP contribution is -2.47. The number of carbonyl (C=O) groups is 2. The van der Waals surface area contributed by atoms with Gasteiger partial charge in [-0.15, -0.1) is 0 Å². The number of ether oxygens (including phenoxy) is 1. The zero-order valence-corrected chi connectivity index (χ0v) is 24.3. The lowest BCUT2D eigenvalue weighted by atomic mass is 10.0. The van der Waals surface area contributed by atoms with Crippen LogP contribution in [0.25, 0.3) is 11.1 Å². The number of hydrogen-bond acceptors (Lipinski definition) is 5. The summed E-state index contributed by atoms with van der Waals surface area (Å²) in [6, 6.07) is 24.3. The van der Waals surface area contributed by atoms with Crippen LogP contribution in [-0.4, -0.2) is 65.6 Å². The maximum absolute atomic E-state index is 13.4. The van der Waals surface area contributed by atoms with E-state index in [9.17, 15) is 14.7 Å². The second-order valence-corrected chi connectivity index (χ2v) is 11.7. The van der Waals surface area contributed by atoms with Gasteiger partial charge in [0.15, 0.2) is 0 Å². The molecule has 1 aliphatic carbocycles. The predicted octanol–water partition coefficient (Wildman–Crippen LogP) is 4.98. The van der Waals surface area contributed by atoms with Gasteiger partial charge in [0.2, 0.25) is 11.8 Å². The molecule has 216 valence electrons. The molecule has 2 amide bonds. The van der Waals surface area contributed by atoms with Crippen LogP contribution in [0.3, 0.4) is 0 Å². The summed E-state index contributed by atoms with van der Waals surface area (Å²) in [5.74, 6) is 0.756. The Morgan fingerprint density at radius 2 is 1.78 bits per heavy atom. The van der Waals surface area contributed by atoms with Crippen molar-refractivity contribution in [1.82, 2.24) is 9.80 Å². The van der Waals surface area contributed by atoms with E-state index < -0.39 is 0 Å². The molecule has 3 atom stereocenters. The molecular weight excluding hydrogens is 514 g/mol. The van der Waals surface area contributed by atoms with E-state index in [4.69, 9.17) is 4.74 Å². The van der Waals surface area contributed by atoms with Gasteiger partial charge in [0.05, 0.1) is 19.1 Å². The zero-order valence-electron chi connectivity index (χ0n) is 24.3. The molecule has 2 aliphatic rings. The van der Waals surface area contributed by atoms with Crippen LogP contribution in [0.1, 0.15) is 37.8 Å². The van der Waals surface area contributed by atoms with Crippen LogP contribution in [0.2, 0.25) is 0 Å². The number of anilines is 1. The number of fused-ring (bicyclic) bond motifs is 1. The van der Waals surface area contributed by atoms with Crippen molar-refractivity contribution < 1.29 is 19.4 Å². The molecule has 0 spiro atoms. The summed E-state index contributed by atoms with van der Waals surface area (Å²) in [5.41, 5.74) is 5.03. The van der Waals surface area contributed by atoms with E-state index in [1.54, 1.807) is 4.90 Å². The van der Waals surface area contributed by atoms with Gasteiger partial charge in [-0.2, -0.15) is 0 Å². The van der Waals surface area contributed by atoms with E-state index in [1.807, 2.05) is 31.2 Å². The fourth-order valence-electron chi connectivity index (χ4n) is 5.43. The van der Waals surface area contributed by atoms with Crippen LogP contribution in [0.15, 0.2) is 72.8 Å². The second-order valence-electron chi connectivity index (χ2n) is 11.7. The summed E-state index contributed by atoms with van der Waals surface area (Å²) >= 11 is 0. The third-order valence-corrected chi connectivity index (χ3v) is 8.14. The standard InChI is InChI=1S/C34H41N3O4/c1-23-19-37(24(2)22-38)33(39)18-29-17-30(35-34(40)28-13-14-28)15-16-31(29)41-32(23)21-36(3)20-25-9-11-27(12-10-25)26-7-5-4-6-8-26/h4-12,15-17,23-24,28,32,38H,13-14,18-22H2,1-3H3,(H,35,40)/t23-,24+,32+/m1/s1. The number of aliphatic hydroxyl groups is 1. The van der Waals surface area contributed by atoms with Crippen LogP contribution in [0, 0.1) is 11.8 Å². The van der Waals surface area contributed by atoms with Crippen molar-refractivity contribution in [1.29, 1.82) is 0 Å². The summed E-state index contributed by atoms with van der Waals surface area (Å²) in [7, 11) is 2.09. The largest absolute Gasteiger partial charge is 0.488 e. The number of hydrogen-bond donors (Lipinski definition) is 2. The zero-order chi connectivity index (χ0) is 28.9. The molecule has 1 heterocycles. The summed E-state index contributed by atoms with van der Waals surface area (Å²) in [6.07, 6.45) is 1.82. The third-order valence-electron chi connectivity index (χ3n) is 8.14. The maximum atomic E-state index is 13.4. The highest BCUT2D eigenvalue weighted by atomic mass is 16.5. The van der Waals surface area contributed by atoms with Gasteiger partial charge >= 0.3 is 0 Å². The number of likely N-dealkylation sites (N-methyl/N-ethyl adjacent to an activating group) is 1. The average molecular weight is 556 g/mol. The van der Waals surface area contributed by atoms with Gasteiger partial charge in [-0.25, -0.2) is 0 Å². The molecule has 1 fully saturated rings. The summed E-state index contributed by atoms with van der Waals surface area (Å²) < 4.78 is 6.65. The number of carbonyl (C=O) groups excluding carboxylic acids is 2. The second kappa shape index (κ2) is 12.9. The van der Waals surface area contributed by atoms with Crippen molar-refractivity contribution in [3.8, 4) is 16.9 Å². The van der Waals surface area contributed by atoms with E-state index in [-0.39, 0.29) is 48.8 Å². The highest BCUT2D eigenvalue weighted by molar-refractivity contribution is 5.94. The first kappa shape index (κ1) is 28.8. The average Bonchev–Trinajstić information content (AvgIpc) is 3.82. The summed E-state index contributed by atoms with van der Waals surface area (Å²) in [6.45, 7) is 5.79. The first-order valence-corrected chi connectivity index (χ1v) is 14.6. The van der Waals surface area contributed by atoms with E-state index >= 15 is 0 Å². The molecule has 0 saturated heterocycles. The lowest BCUT2D eigenvalue weighted by molar-refractivity contribution is -0.134. The van der Waals surface area contributed by atoms with Crippen LogP contribution in [0.5, 0.6) is 5.75 Å². The van der Waals surface area contributed by atoms with Crippen molar-refractivity contribution in [2.24, 2.45) is 11.8 Å². The molecule has 3 aromatic rings. The molecule has 7 heteroatoms. The fourth-order valence-corrected chi connectivity index (χ4v) is 5.43. The highest BCUT2D eigenvalue weighted by Gasteiger charge is 2.32. The van der Waals surface area contributed by atoms with Crippen molar-refractivity contribution in [3.05, 3.63) is 83.9 Å². The SMILES string of the molecule is C[C@@H]1CN([C@@H](C)CO)C(=O)Cc2cc(NC(=O)C3CC3)ccc2O[C@H]1CN(C)Cc1ccc(-c2ccccc2)cc1. The van der Waals surface area contributed by atoms with Crippen LogP contribution in [0.4, 0.5) is 5.69 Å². The Morgan fingerprint density at radius 3 is 2.46 bits per heavy atom. The monoisotopic (exact) mass is 555 g/mol. The number of nitrogens with one attached hydrogen (secondary N) is 1. The molecule has 0 radical (unpaired) electrons. The fraction of sp³-hybridized carbons (Fsp3) is 0.412. The van der Waals surface area contributed by atoms with Gasteiger partial charge in [-0.05, 0) is 61.7 Å². The van der Waals surface area contributed by atoms with E-state index in [0.29, 0.717) is 24.5 Å². The van der Waals surface area contributed by atoms with Gasteiger partial charge in [0.1, 0.15) is 11.9 Å². The molecular formula is C34H41N3O4. The minimum atomic E-state index is -0.300. The number of aliphatic hydroxyl groups excluding tert-OH is 1. The Kier molecular flexibility index (Phi) is 9.06.